The number of rotatable bonds is 4. The van der Waals surface area contributed by atoms with Crippen molar-refractivity contribution in [3.63, 3.8) is 0 Å². The second-order valence-electron chi connectivity index (χ2n) is 6.79. The van der Waals surface area contributed by atoms with Gasteiger partial charge in [0.2, 0.25) is 0 Å². The van der Waals surface area contributed by atoms with E-state index >= 15 is 0 Å². The molecule has 0 bridgehead atoms. The second kappa shape index (κ2) is 6.42. The number of hydrogen-bond donors (Lipinski definition) is 2. The van der Waals surface area contributed by atoms with Crippen LogP contribution >= 0.6 is 0 Å². The number of aromatic amines is 1. The minimum Gasteiger partial charge on any atom is -0.491 e. The van der Waals surface area contributed by atoms with Gasteiger partial charge in [0.05, 0.1) is 6.04 Å². The van der Waals surface area contributed by atoms with Crippen LogP contribution in [0.2, 0.25) is 0 Å². The number of hydrogen-bond acceptors (Lipinski definition) is 6. The van der Waals surface area contributed by atoms with Crippen LogP contribution in [0.4, 0.5) is 11.8 Å². The smallest absolute Gasteiger partial charge is 0.199 e. The van der Waals surface area contributed by atoms with Gasteiger partial charge in [-0.1, -0.05) is 36.4 Å². The maximum Gasteiger partial charge on any atom is 0.199 e. The summed E-state index contributed by atoms with van der Waals surface area (Å²) in [5.41, 5.74) is 7.18. The molecule has 0 aliphatic carbocycles. The molecule has 0 amide bonds. The van der Waals surface area contributed by atoms with Crippen molar-refractivity contribution in [3.8, 4) is 5.75 Å². The average molecular weight is 360 g/mol. The van der Waals surface area contributed by atoms with Gasteiger partial charge < -0.3 is 20.4 Å². The molecule has 0 unspecified atom stereocenters. The van der Waals surface area contributed by atoms with Gasteiger partial charge in [-0.05, 0) is 24.3 Å². The maximum atomic E-state index is 6.23. The lowest BCUT2D eigenvalue weighted by Gasteiger charge is -2.26. The first-order valence-electron chi connectivity index (χ1n) is 9.13. The first-order valence-corrected chi connectivity index (χ1v) is 9.13. The quantitative estimate of drug-likeness (QED) is 0.581. The molecule has 0 radical (unpaired) electrons. The van der Waals surface area contributed by atoms with E-state index in [0.29, 0.717) is 23.7 Å². The zero-order valence-corrected chi connectivity index (χ0v) is 14.8. The van der Waals surface area contributed by atoms with Gasteiger partial charge in [-0.15, -0.1) is 0 Å². The minimum atomic E-state index is 0.236. The molecule has 7 heteroatoms. The van der Waals surface area contributed by atoms with Gasteiger partial charge in [-0.2, -0.15) is 0 Å². The normalized spacial score (nSPS) is 17.0. The molecule has 4 aromatic rings. The standard InChI is InChI=1S/C20H20N6O/c21-20-24-17-18(25-20)22-12-23-19(17)26-10-4-7-14(26)11-27-16-9-3-6-13-5-1-2-8-15(13)16/h1-3,5-6,8-9,12,14H,4,7,10-11H2,(H3,21,22,23,24,25)/t14-/m1/s1. The molecular weight excluding hydrogens is 340 g/mol. The van der Waals surface area contributed by atoms with Crippen LogP contribution in [0.5, 0.6) is 5.75 Å². The van der Waals surface area contributed by atoms with Gasteiger partial charge in [0, 0.05) is 11.9 Å². The molecule has 3 heterocycles. The Kier molecular flexibility index (Phi) is 3.78. The molecular formula is C20H20N6O. The lowest BCUT2D eigenvalue weighted by molar-refractivity contribution is 0.291. The van der Waals surface area contributed by atoms with E-state index in [1.165, 1.54) is 5.39 Å². The van der Waals surface area contributed by atoms with E-state index in [9.17, 15) is 0 Å². The Bertz CT molecular complexity index is 1100. The fourth-order valence-corrected chi connectivity index (χ4v) is 3.84. The lowest BCUT2D eigenvalue weighted by atomic mass is 10.1. The van der Waals surface area contributed by atoms with E-state index < -0.39 is 0 Å². The van der Waals surface area contributed by atoms with Crippen molar-refractivity contribution in [2.45, 2.75) is 18.9 Å². The predicted octanol–water partition coefficient (Wildman–Crippen LogP) is 3.14. The van der Waals surface area contributed by atoms with Crippen molar-refractivity contribution in [1.82, 2.24) is 19.9 Å². The number of H-pyrrole nitrogens is 1. The van der Waals surface area contributed by atoms with Crippen LogP contribution in [-0.2, 0) is 0 Å². The molecule has 1 atom stereocenters. The highest BCUT2D eigenvalue weighted by atomic mass is 16.5. The number of anilines is 2. The van der Waals surface area contributed by atoms with Gasteiger partial charge in [-0.3, -0.25) is 0 Å². The Morgan fingerprint density at radius 3 is 3.00 bits per heavy atom. The molecule has 0 spiro atoms. The molecule has 27 heavy (non-hydrogen) atoms. The number of aromatic nitrogens is 4. The van der Waals surface area contributed by atoms with E-state index in [0.717, 1.165) is 36.3 Å². The maximum absolute atomic E-state index is 6.23. The number of nitrogens with one attached hydrogen (secondary N) is 1. The number of fused-ring (bicyclic) bond motifs is 2. The summed E-state index contributed by atoms with van der Waals surface area (Å²) in [5.74, 6) is 2.09. The summed E-state index contributed by atoms with van der Waals surface area (Å²) >= 11 is 0. The van der Waals surface area contributed by atoms with Crippen LogP contribution in [0.25, 0.3) is 21.9 Å². The molecule has 7 nitrogen and oxygen atoms in total. The summed E-state index contributed by atoms with van der Waals surface area (Å²) in [6, 6.07) is 14.7. The van der Waals surface area contributed by atoms with E-state index in [2.05, 4.69) is 43.0 Å². The Morgan fingerprint density at radius 1 is 1.15 bits per heavy atom. The summed E-state index contributed by atoms with van der Waals surface area (Å²) in [6.45, 7) is 1.52. The third kappa shape index (κ3) is 2.81. The highest BCUT2D eigenvalue weighted by molar-refractivity contribution is 5.88. The summed E-state index contributed by atoms with van der Waals surface area (Å²) in [6.07, 6.45) is 3.70. The predicted molar refractivity (Wildman–Crippen MR) is 106 cm³/mol. The lowest BCUT2D eigenvalue weighted by Crippen LogP contribution is -2.35. The van der Waals surface area contributed by atoms with Gasteiger partial charge in [-0.25, -0.2) is 15.0 Å². The van der Waals surface area contributed by atoms with Crippen LogP contribution in [0.3, 0.4) is 0 Å². The van der Waals surface area contributed by atoms with E-state index in [4.69, 9.17) is 10.5 Å². The van der Waals surface area contributed by atoms with Gasteiger partial charge in [0.15, 0.2) is 22.9 Å². The largest absolute Gasteiger partial charge is 0.491 e. The monoisotopic (exact) mass is 360 g/mol. The minimum absolute atomic E-state index is 0.236. The first kappa shape index (κ1) is 15.9. The molecule has 136 valence electrons. The first-order chi connectivity index (χ1) is 13.3. The van der Waals surface area contributed by atoms with Crippen molar-refractivity contribution in [3.05, 3.63) is 48.8 Å². The van der Waals surface area contributed by atoms with E-state index in [1.807, 2.05) is 24.3 Å². The van der Waals surface area contributed by atoms with Crippen molar-refractivity contribution < 1.29 is 4.74 Å². The van der Waals surface area contributed by atoms with Crippen LogP contribution in [0.1, 0.15) is 12.8 Å². The van der Waals surface area contributed by atoms with Crippen LogP contribution in [-0.4, -0.2) is 39.1 Å². The molecule has 1 aliphatic rings. The Morgan fingerprint density at radius 2 is 2.04 bits per heavy atom. The number of nitrogens with zero attached hydrogens (tertiary/aromatic N) is 4. The van der Waals surface area contributed by atoms with E-state index in [-0.39, 0.29) is 6.04 Å². The van der Waals surface area contributed by atoms with Crippen molar-refractivity contribution in [1.29, 1.82) is 0 Å². The molecule has 1 aliphatic heterocycles. The zero-order chi connectivity index (χ0) is 18.2. The summed E-state index contributed by atoms with van der Waals surface area (Å²) in [7, 11) is 0. The van der Waals surface area contributed by atoms with Crippen molar-refractivity contribution >= 4 is 33.7 Å². The van der Waals surface area contributed by atoms with Gasteiger partial charge in [0.25, 0.3) is 0 Å². The van der Waals surface area contributed by atoms with Crippen LogP contribution in [0, 0.1) is 0 Å². The molecule has 3 N–H and O–H groups in total. The summed E-state index contributed by atoms with van der Waals surface area (Å²) in [5, 5.41) is 2.32. The molecule has 1 fully saturated rings. The van der Waals surface area contributed by atoms with Crippen LogP contribution < -0.4 is 15.4 Å². The topological polar surface area (TPSA) is 92.9 Å². The summed E-state index contributed by atoms with van der Waals surface area (Å²) < 4.78 is 6.23. The summed E-state index contributed by atoms with van der Waals surface area (Å²) in [4.78, 5) is 18.3. The number of ether oxygens (including phenoxy) is 1. The van der Waals surface area contributed by atoms with Gasteiger partial charge >= 0.3 is 0 Å². The number of nitrogens with two attached hydrogens (primary N) is 1. The fourth-order valence-electron chi connectivity index (χ4n) is 3.84. The Balaban J connectivity index is 1.41. The molecule has 1 saturated heterocycles. The van der Waals surface area contributed by atoms with Crippen molar-refractivity contribution in [2.75, 3.05) is 23.8 Å². The fraction of sp³-hybridized carbons (Fsp3) is 0.250. The van der Waals surface area contributed by atoms with Crippen molar-refractivity contribution in [2.24, 2.45) is 0 Å². The Labute approximate surface area is 156 Å². The Hall–Kier alpha value is -3.35. The SMILES string of the molecule is Nc1nc2c(N3CCC[C@@H]3COc3cccc4ccccc34)ncnc2[nH]1. The highest BCUT2D eigenvalue weighted by Gasteiger charge is 2.28. The molecule has 5 rings (SSSR count). The van der Waals surface area contributed by atoms with Crippen LogP contribution in [0.15, 0.2) is 48.8 Å². The molecule has 0 saturated carbocycles. The third-order valence-electron chi connectivity index (χ3n) is 5.11. The number of benzene rings is 2. The zero-order valence-electron chi connectivity index (χ0n) is 14.8. The highest BCUT2D eigenvalue weighted by Crippen LogP contribution is 2.30. The second-order valence-corrected chi connectivity index (χ2v) is 6.79. The third-order valence-corrected chi connectivity index (χ3v) is 5.11. The average Bonchev–Trinajstić information content (AvgIpc) is 3.31. The van der Waals surface area contributed by atoms with E-state index in [1.54, 1.807) is 6.33 Å². The van der Waals surface area contributed by atoms with Gasteiger partial charge in [0.1, 0.15) is 18.7 Å². The number of nitrogen functional groups attached to an aromatic ring is 1. The number of imidazole rings is 1. The molecule has 2 aromatic carbocycles. The molecule has 2 aromatic heterocycles.